The number of aliphatic imine (C=N–C) groups is 1. The van der Waals surface area contributed by atoms with Gasteiger partial charge in [0.2, 0.25) is 0 Å². The fraction of sp³-hybridized carbons (Fsp3) is 0.0938. The first-order chi connectivity index (χ1) is 18.7. The molecule has 5 rings (SSSR count). The van der Waals surface area contributed by atoms with E-state index in [4.69, 9.17) is 15.0 Å². The lowest BCUT2D eigenvalue weighted by Crippen LogP contribution is -2.28. The SMILES string of the molecule is N#Cc1ccc(COc2ccc(/C=C3\SC(=NCc4ccccc4)N(Cc4ccccc4)C3=O)cc2)cc1. The normalized spacial score (nSPS) is 15.1. The summed E-state index contributed by atoms with van der Waals surface area (Å²) in [5.41, 5.74) is 4.68. The molecule has 4 aromatic carbocycles. The van der Waals surface area contributed by atoms with Crippen LogP contribution in [0.3, 0.4) is 0 Å². The lowest BCUT2D eigenvalue weighted by molar-refractivity contribution is -0.122. The van der Waals surface area contributed by atoms with E-state index in [1.807, 2.05) is 103 Å². The van der Waals surface area contributed by atoms with Crippen LogP contribution in [0.2, 0.25) is 0 Å². The molecule has 186 valence electrons. The minimum atomic E-state index is -0.0493. The highest BCUT2D eigenvalue weighted by atomic mass is 32.2. The fourth-order valence-electron chi connectivity index (χ4n) is 3.93. The van der Waals surface area contributed by atoms with Gasteiger partial charge in [-0.05, 0) is 64.4 Å². The molecule has 0 spiro atoms. The predicted molar refractivity (Wildman–Crippen MR) is 152 cm³/mol. The second-order valence-corrected chi connectivity index (χ2v) is 9.75. The Morgan fingerprint density at radius 3 is 2.13 bits per heavy atom. The van der Waals surface area contributed by atoms with E-state index in [0.29, 0.717) is 35.3 Å². The first-order valence-electron chi connectivity index (χ1n) is 12.2. The third kappa shape index (κ3) is 6.39. The minimum absolute atomic E-state index is 0.0493. The van der Waals surface area contributed by atoms with Crippen molar-refractivity contribution in [3.05, 3.63) is 142 Å². The lowest BCUT2D eigenvalue weighted by atomic mass is 10.1. The van der Waals surface area contributed by atoms with E-state index in [0.717, 1.165) is 28.0 Å². The van der Waals surface area contributed by atoms with Crippen LogP contribution in [0.4, 0.5) is 0 Å². The molecule has 1 aliphatic heterocycles. The molecule has 0 unspecified atom stereocenters. The summed E-state index contributed by atoms with van der Waals surface area (Å²) in [6, 6.07) is 37.1. The third-order valence-electron chi connectivity index (χ3n) is 5.98. The number of benzene rings is 4. The van der Waals surface area contributed by atoms with Crippen molar-refractivity contribution in [3.63, 3.8) is 0 Å². The van der Waals surface area contributed by atoms with E-state index in [1.54, 1.807) is 17.0 Å². The number of carbonyl (C=O) groups excluding carboxylic acids is 1. The number of thioether (sulfide) groups is 1. The van der Waals surface area contributed by atoms with Crippen molar-refractivity contribution in [3.8, 4) is 11.8 Å². The minimum Gasteiger partial charge on any atom is -0.489 e. The average Bonchev–Trinajstić information content (AvgIpc) is 3.26. The molecule has 5 nitrogen and oxygen atoms in total. The summed E-state index contributed by atoms with van der Waals surface area (Å²) in [6.07, 6.45) is 1.90. The molecule has 1 heterocycles. The van der Waals surface area contributed by atoms with Gasteiger partial charge in [0.05, 0.1) is 29.6 Å². The maximum Gasteiger partial charge on any atom is 0.267 e. The van der Waals surface area contributed by atoms with Gasteiger partial charge in [-0.1, -0.05) is 84.9 Å². The molecule has 0 N–H and O–H groups in total. The van der Waals surface area contributed by atoms with Crippen molar-refractivity contribution in [2.24, 2.45) is 4.99 Å². The van der Waals surface area contributed by atoms with Crippen LogP contribution in [-0.4, -0.2) is 16.0 Å². The summed E-state index contributed by atoms with van der Waals surface area (Å²) in [6.45, 7) is 1.40. The van der Waals surface area contributed by atoms with Gasteiger partial charge in [-0.15, -0.1) is 0 Å². The van der Waals surface area contributed by atoms with E-state index >= 15 is 0 Å². The number of nitriles is 1. The summed E-state index contributed by atoms with van der Waals surface area (Å²) in [5.74, 6) is 0.685. The van der Waals surface area contributed by atoms with Crippen LogP contribution in [0.25, 0.3) is 6.08 Å². The Morgan fingerprint density at radius 1 is 0.816 bits per heavy atom. The first kappa shape index (κ1) is 25.1. The van der Waals surface area contributed by atoms with Crippen LogP contribution >= 0.6 is 11.8 Å². The average molecular weight is 516 g/mol. The van der Waals surface area contributed by atoms with Crippen LogP contribution in [0.15, 0.2) is 119 Å². The lowest BCUT2D eigenvalue weighted by Gasteiger charge is -2.15. The van der Waals surface area contributed by atoms with Crippen LogP contribution in [0.1, 0.15) is 27.8 Å². The van der Waals surface area contributed by atoms with E-state index in [-0.39, 0.29) is 5.91 Å². The highest BCUT2D eigenvalue weighted by Gasteiger charge is 2.33. The standard InChI is InChI=1S/C32H25N3O2S/c33-20-25-11-13-28(14-12-25)23-37-29-17-15-24(16-18-29)19-30-31(36)35(22-27-9-5-2-6-10-27)32(38-30)34-21-26-7-3-1-4-8-26/h1-19H,21-23H2/b30-19-,34-32?. The van der Waals surface area contributed by atoms with Gasteiger partial charge in [-0.3, -0.25) is 14.7 Å². The van der Waals surface area contributed by atoms with Gasteiger partial charge in [-0.25, -0.2) is 0 Å². The number of hydrogen-bond acceptors (Lipinski definition) is 5. The van der Waals surface area contributed by atoms with Crippen molar-refractivity contribution < 1.29 is 9.53 Å². The van der Waals surface area contributed by atoms with Gasteiger partial charge in [-0.2, -0.15) is 5.26 Å². The number of amidine groups is 1. The largest absolute Gasteiger partial charge is 0.489 e. The third-order valence-corrected chi connectivity index (χ3v) is 7.02. The Labute approximate surface area is 226 Å². The molecule has 0 saturated carbocycles. The molecule has 0 aliphatic carbocycles. The summed E-state index contributed by atoms with van der Waals surface area (Å²) in [4.78, 5) is 20.6. The van der Waals surface area contributed by atoms with Crippen LogP contribution in [-0.2, 0) is 24.5 Å². The molecular formula is C32H25N3O2S. The van der Waals surface area contributed by atoms with Crippen LogP contribution in [0, 0.1) is 11.3 Å². The van der Waals surface area contributed by atoms with E-state index in [1.165, 1.54) is 11.8 Å². The summed E-state index contributed by atoms with van der Waals surface area (Å²) in [7, 11) is 0. The Hall–Kier alpha value is -4.60. The second-order valence-electron chi connectivity index (χ2n) is 8.74. The number of carbonyl (C=O) groups is 1. The molecule has 0 bridgehead atoms. The van der Waals surface area contributed by atoms with Crippen molar-refractivity contribution in [2.45, 2.75) is 19.7 Å². The van der Waals surface area contributed by atoms with Crippen molar-refractivity contribution >= 4 is 28.9 Å². The number of amides is 1. The summed E-state index contributed by atoms with van der Waals surface area (Å²) in [5, 5.41) is 9.64. The van der Waals surface area contributed by atoms with E-state index in [9.17, 15) is 4.79 Å². The topological polar surface area (TPSA) is 65.7 Å². The summed E-state index contributed by atoms with van der Waals surface area (Å²) >= 11 is 1.41. The van der Waals surface area contributed by atoms with Gasteiger partial charge in [0.1, 0.15) is 12.4 Å². The van der Waals surface area contributed by atoms with Crippen molar-refractivity contribution in [1.82, 2.24) is 4.90 Å². The quantitative estimate of drug-likeness (QED) is 0.242. The first-order valence-corrected chi connectivity index (χ1v) is 13.1. The van der Waals surface area contributed by atoms with E-state index < -0.39 is 0 Å². The number of rotatable bonds is 8. The molecule has 0 atom stereocenters. The monoisotopic (exact) mass is 515 g/mol. The highest BCUT2D eigenvalue weighted by Crippen LogP contribution is 2.34. The Balaban J connectivity index is 1.30. The van der Waals surface area contributed by atoms with Gasteiger partial charge in [0, 0.05) is 0 Å². The molecule has 1 amide bonds. The zero-order chi connectivity index (χ0) is 26.2. The molecule has 38 heavy (non-hydrogen) atoms. The molecule has 1 saturated heterocycles. The molecule has 0 radical (unpaired) electrons. The zero-order valence-corrected chi connectivity index (χ0v) is 21.5. The maximum absolute atomic E-state index is 13.4. The molecular weight excluding hydrogens is 490 g/mol. The summed E-state index contributed by atoms with van der Waals surface area (Å²) < 4.78 is 5.88. The number of nitrogens with zero attached hydrogens (tertiary/aromatic N) is 3. The van der Waals surface area contributed by atoms with Gasteiger partial charge >= 0.3 is 0 Å². The Morgan fingerprint density at radius 2 is 1.47 bits per heavy atom. The van der Waals surface area contributed by atoms with Gasteiger partial charge in [0.15, 0.2) is 5.17 Å². The van der Waals surface area contributed by atoms with Crippen LogP contribution < -0.4 is 4.74 Å². The van der Waals surface area contributed by atoms with Gasteiger partial charge < -0.3 is 4.74 Å². The predicted octanol–water partition coefficient (Wildman–Crippen LogP) is 6.81. The highest BCUT2D eigenvalue weighted by molar-refractivity contribution is 8.18. The van der Waals surface area contributed by atoms with Crippen molar-refractivity contribution in [2.75, 3.05) is 0 Å². The van der Waals surface area contributed by atoms with Gasteiger partial charge in [0.25, 0.3) is 5.91 Å². The molecule has 1 aliphatic rings. The molecule has 6 heteroatoms. The van der Waals surface area contributed by atoms with Crippen LogP contribution in [0.5, 0.6) is 5.75 Å². The smallest absolute Gasteiger partial charge is 0.267 e. The van der Waals surface area contributed by atoms with E-state index in [2.05, 4.69) is 6.07 Å². The molecule has 1 fully saturated rings. The van der Waals surface area contributed by atoms with Crippen molar-refractivity contribution in [1.29, 1.82) is 5.26 Å². The number of hydrogen-bond donors (Lipinski definition) is 0. The maximum atomic E-state index is 13.4. The zero-order valence-electron chi connectivity index (χ0n) is 20.7. The molecule has 4 aromatic rings. The Bertz CT molecular complexity index is 1490. The second kappa shape index (κ2) is 12.1. The fourth-order valence-corrected chi connectivity index (χ4v) is 4.90. The number of ether oxygens (including phenoxy) is 1. The molecule has 0 aromatic heterocycles. The Kier molecular flexibility index (Phi) is 7.98.